The summed E-state index contributed by atoms with van der Waals surface area (Å²) in [7, 11) is 5.49. The summed E-state index contributed by atoms with van der Waals surface area (Å²) in [6, 6.07) is 98.3. The van der Waals surface area contributed by atoms with Crippen molar-refractivity contribution >= 4 is 96.5 Å². The molecule has 98 heavy (non-hydrogen) atoms. The van der Waals surface area contributed by atoms with Gasteiger partial charge < -0.3 is 5.32 Å². The largest absolute Gasteiger partial charge is 0.360 e. The molecule has 1 atom stereocenters. The summed E-state index contributed by atoms with van der Waals surface area (Å²) in [4.78, 5) is 42.9. The standard InChI is InChI=1S/C86H60N8O2S2/c1-91-75-42-38-59(45-77(75)92(2)85(91)95)52-28-32-54(33-29-52)71-49-73(89-83(87-71)56-16-6-4-7-17-56)63-21-14-20-58(44-63)61-36-40-69-70-26-15-22-64(82(70)98-81(69)47-61)51-94-76-43-39-60(46-78(76)93(3)86(94)96)53-30-34-55(35-31-53)72-50-74(90-84(88-72)57-18-8-5-9-19-57)66-24-11-10-23-65(66)62-37-41-68-67-25-12-13-27-79(67)97-80(68)48-62/h4-50,84,88H,51H2,1-3H3. The second-order valence-electron chi connectivity index (χ2n) is 25.3. The van der Waals surface area contributed by atoms with Gasteiger partial charge in [0.25, 0.3) is 0 Å². The smallest absolute Gasteiger partial charge is 0.329 e. The fourth-order valence-electron chi connectivity index (χ4n) is 14.2. The minimum atomic E-state index is -0.295. The molecule has 12 heteroatoms. The Balaban J connectivity index is 0.620. The van der Waals surface area contributed by atoms with E-state index in [1.54, 1.807) is 32.1 Å². The monoisotopic (exact) mass is 1300 g/mol. The number of hydrogen-bond donors (Lipinski definition) is 1. The lowest BCUT2D eigenvalue weighted by Crippen LogP contribution is -2.25. The third-order valence-corrected chi connectivity index (χ3v) is 21.8. The average molecular weight is 1300 g/mol. The molecule has 17 aromatic rings. The number of allylic oxidation sites excluding steroid dienone is 1. The highest BCUT2D eigenvalue weighted by Crippen LogP contribution is 2.42. The second kappa shape index (κ2) is 23.7. The van der Waals surface area contributed by atoms with Crippen LogP contribution in [0.1, 0.15) is 28.4 Å². The lowest BCUT2D eigenvalue weighted by molar-refractivity contribution is 0.664. The molecular weight excluding hydrogens is 1240 g/mol. The highest BCUT2D eigenvalue weighted by Gasteiger charge is 2.24. The number of aromatic nitrogens is 6. The van der Waals surface area contributed by atoms with E-state index in [0.29, 0.717) is 12.4 Å². The highest BCUT2D eigenvalue weighted by molar-refractivity contribution is 7.26. The van der Waals surface area contributed by atoms with Crippen LogP contribution in [0, 0.1) is 0 Å². The van der Waals surface area contributed by atoms with Gasteiger partial charge in [0, 0.05) is 89.4 Å². The number of benzene rings is 12. The molecule has 18 rings (SSSR count). The first-order valence-electron chi connectivity index (χ1n) is 32.8. The van der Waals surface area contributed by atoms with Gasteiger partial charge in [-0.25, -0.2) is 19.6 Å². The van der Waals surface area contributed by atoms with Crippen molar-refractivity contribution < 1.29 is 0 Å². The number of aliphatic imine (C=N–C) groups is 1. The van der Waals surface area contributed by atoms with Gasteiger partial charge in [-0.1, -0.05) is 224 Å². The van der Waals surface area contributed by atoms with Gasteiger partial charge in [-0.2, -0.15) is 0 Å². The van der Waals surface area contributed by atoms with Gasteiger partial charge in [0.1, 0.15) is 6.17 Å². The Morgan fingerprint density at radius 3 is 1.67 bits per heavy atom. The van der Waals surface area contributed by atoms with Crippen LogP contribution in [0.5, 0.6) is 0 Å². The number of hydrogen-bond acceptors (Lipinski definition) is 8. The van der Waals surface area contributed by atoms with Crippen molar-refractivity contribution in [2.45, 2.75) is 12.7 Å². The Bertz CT molecular complexity index is 6270. The molecule has 1 unspecified atom stereocenters. The van der Waals surface area contributed by atoms with E-state index in [-0.39, 0.29) is 17.5 Å². The molecule has 0 radical (unpaired) electrons. The van der Waals surface area contributed by atoms with E-state index in [9.17, 15) is 9.59 Å². The highest BCUT2D eigenvalue weighted by atomic mass is 32.1. The summed E-state index contributed by atoms with van der Waals surface area (Å²) in [6.07, 6.45) is 1.89. The minimum Gasteiger partial charge on any atom is -0.360 e. The maximum atomic E-state index is 14.4. The zero-order chi connectivity index (χ0) is 65.7. The zero-order valence-corrected chi connectivity index (χ0v) is 55.3. The maximum Gasteiger partial charge on any atom is 0.329 e. The van der Waals surface area contributed by atoms with Crippen LogP contribution in [0.3, 0.4) is 0 Å². The fourth-order valence-corrected chi connectivity index (χ4v) is 16.6. The molecule has 1 aliphatic rings. The van der Waals surface area contributed by atoms with E-state index in [1.165, 1.54) is 40.3 Å². The van der Waals surface area contributed by atoms with E-state index < -0.39 is 0 Å². The van der Waals surface area contributed by atoms with Gasteiger partial charge in [-0.3, -0.25) is 23.3 Å². The molecule has 6 heterocycles. The molecule has 10 nitrogen and oxygen atoms in total. The summed E-state index contributed by atoms with van der Waals surface area (Å²) >= 11 is 3.61. The lowest BCUT2D eigenvalue weighted by atomic mass is 9.93. The van der Waals surface area contributed by atoms with Crippen molar-refractivity contribution in [2.24, 2.45) is 26.1 Å². The van der Waals surface area contributed by atoms with Gasteiger partial charge in [-0.15, -0.1) is 22.7 Å². The molecule has 5 aromatic heterocycles. The number of nitrogens with zero attached hydrogens (tertiary/aromatic N) is 7. The number of rotatable bonds is 12. The molecule has 0 saturated carbocycles. The van der Waals surface area contributed by atoms with Crippen LogP contribution < -0.4 is 16.7 Å². The van der Waals surface area contributed by atoms with Crippen LogP contribution in [-0.2, 0) is 27.7 Å². The summed E-state index contributed by atoms with van der Waals surface area (Å²) in [5.41, 5.74) is 22.8. The van der Waals surface area contributed by atoms with Crippen LogP contribution in [0.2, 0.25) is 0 Å². The molecule has 0 saturated heterocycles. The van der Waals surface area contributed by atoms with Crippen molar-refractivity contribution in [1.29, 1.82) is 0 Å². The molecule has 0 bridgehead atoms. The quantitative estimate of drug-likeness (QED) is 0.131. The first kappa shape index (κ1) is 58.5. The molecular formula is C86H60N8O2S2. The molecule has 0 fully saturated rings. The van der Waals surface area contributed by atoms with E-state index in [2.05, 4.69) is 248 Å². The third-order valence-electron chi connectivity index (χ3n) is 19.5. The number of thiophene rings is 2. The first-order chi connectivity index (χ1) is 48.1. The predicted octanol–water partition coefficient (Wildman–Crippen LogP) is 19.9. The van der Waals surface area contributed by atoms with E-state index >= 15 is 0 Å². The summed E-state index contributed by atoms with van der Waals surface area (Å²) in [5.74, 6) is 0.647. The van der Waals surface area contributed by atoms with E-state index in [4.69, 9.17) is 15.0 Å². The molecule has 12 aromatic carbocycles. The van der Waals surface area contributed by atoms with Crippen molar-refractivity contribution in [3.63, 3.8) is 0 Å². The number of imidazole rings is 2. The average Bonchev–Trinajstić information content (AvgIpc) is 1.51. The predicted molar refractivity (Wildman–Crippen MR) is 407 cm³/mol. The Morgan fingerprint density at radius 2 is 0.898 bits per heavy atom. The van der Waals surface area contributed by atoms with Crippen LogP contribution in [0.15, 0.2) is 300 Å². The topological polar surface area (TPSA) is 104 Å². The van der Waals surface area contributed by atoms with Crippen LogP contribution in [-0.4, -0.2) is 33.9 Å². The van der Waals surface area contributed by atoms with Crippen molar-refractivity contribution in [2.75, 3.05) is 0 Å². The van der Waals surface area contributed by atoms with Gasteiger partial charge in [0.15, 0.2) is 5.82 Å². The molecule has 1 aliphatic heterocycles. The number of nitrogens with one attached hydrogen (secondary N) is 1. The normalized spacial score (nSPS) is 13.3. The molecule has 0 amide bonds. The molecule has 0 spiro atoms. The van der Waals surface area contributed by atoms with Crippen LogP contribution in [0.25, 0.3) is 147 Å². The second-order valence-corrected chi connectivity index (χ2v) is 27.4. The van der Waals surface area contributed by atoms with Gasteiger partial charge in [0.2, 0.25) is 0 Å². The Labute approximate surface area is 572 Å². The van der Waals surface area contributed by atoms with Crippen LogP contribution in [0.4, 0.5) is 0 Å². The van der Waals surface area contributed by atoms with Crippen molar-refractivity contribution in [3.8, 4) is 78.4 Å². The van der Waals surface area contributed by atoms with Gasteiger partial charge in [-0.05, 0) is 122 Å². The lowest BCUT2D eigenvalue weighted by Gasteiger charge is -2.25. The minimum absolute atomic E-state index is 0.0464. The summed E-state index contributed by atoms with van der Waals surface area (Å²) in [5, 5.41) is 8.71. The molecule has 468 valence electrons. The maximum absolute atomic E-state index is 14.4. The fraction of sp³-hybridized carbons (Fsp3) is 0.0581. The zero-order valence-electron chi connectivity index (χ0n) is 53.7. The number of fused-ring (bicyclic) bond motifs is 8. The first-order valence-corrected chi connectivity index (χ1v) is 34.4. The Morgan fingerprint density at radius 1 is 0.378 bits per heavy atom. The van der Waals surface area contributed by atoms with Gasteiger partial charge >= 0.3 is 11.4 Å². The number of aryl methyl sites for hydroxylation is 3. The van der Waals surface area contributed by atoms with Gasteiger partial charge in [0.05, 0.1) is 45.7 Å². The Kier molecular flexibility index (Phi) is 14.1. The SMILES string of the molecule is Cn1c(=O)n(C)c2cc(-c3ccc(-c4cc(-c5cccc(-c6ccc7c(c6)sc6c(Cn8c(=O)n(C)c9cc(-c%10ccc(C%11=CC(c%12ccccc%12-c%12ccc%13c(c%12)sc%12ccccc%12%13)=NC(c%12ccccc%12)N%11)cc%10)ccc98)cccc67)c5)nc(-c5ccccc5)n4)cc3)ccc21. The molecule has 0 aliphatic carbocycles. The van der Waals surface area contributed by atoms with Crippen LogP contribution >= 0.6 is 22.7 Å². The third kappa shape index (κ3) is 10.2. The summed E-state index contributed by atoms with van der Waals surface area (Å²) in [6.45, 7) is 0.427. The molecule has 1 N–H and O–H groups in total. The van der Waals surface area contributed by atoms with Crippen molar-refractivity contribution in [1.82, 2.24) is 33.6 Å². The van der Waals surface area contributed by atoms with E-state index in [1.807, 2.05) is 72.5 Å². The van der Waals surface area contributed by atoms with Crippen molar-refractivity contribution in [3.05, 3.63) is 328 Å². The van der Waals surface area contributed by atoms with E-state index in [0.717, 1.165) is 128 Å². The summed E-state index contributed by atoms with van der Waals surface area (Å²) < 4.78 is 12.0. The Hall–Kier alpha value is -12.1.